The van der Waals surface area contributed by atoms with E-state index in [4.69, 9.17) is 5.84 Å². The average Bonchev–Trinajstić information content (AvgIpc) is 2.72. The predicted octanol–water partition coefficient (Wildman–Crippen LogP) is 3.06. The Bertz CT molecular complexity index is 428. The van der Waals surface area contributed by atoms with Gasteiger partial charge in [-0.3, -0.25) is 5.84 Å². The molecule has 0 bridgehead atoms. The Hall–Kier alpha value is -0.680. The highest BCUT2D eigenvalue weighted by Gasteiger charge is 2.12. The van der Waals surface area contributed by atoms with Crippen molar-refractivity contribution in [1.82, 2.24) is 5.43 Å². The molecule has 3 N–H and O–H groups in total. The Morgan fingerprint density at radius 1 is 1.27 bits per heavy atom. The summed E-state index contributed by atoms with van der Waals surface area (Å²) in [6.07, 6.45) is 0. The highest BCUT2D eigenvalue weighted by Crippen LogP contribution is 2.25. The van der Waals surface area contributed by atoms with E-state index in [1.165, 1.54) is 5.56 Å². The molecule has 0 saturated carbocycles. The second-order valence-electron chi connectivity index (χ2n) is 3.21. The summed E-state index contributed by atoms with van der Waals surface area (Å²) in [4.78, 5) is 0. The number of benzene rings is 1. The molecule has 0 aliphatic rings. The molecule has 1 aromatic heterocycles. The molecule has 0 saturated heterocycles. The van der Waals surface area contributed by atoms with Gasteiger partial charge in [0.05, 0.1) is 6.04 Å². The van der Waals surface area contributed by atoms with Crippen LogP contribution in [0.3, 0.4) is 0 Å². The van der Waals surface area contributed by atoms with Crippen molar-refractivity contribution in [3.05, 3.63) is 56.7 Å². The summed E-state index contributed by atoms with van der Waals surface area (Å²) in [7, 11) is 0. The van der Waals surface area contributed by atoms with Crippen LogP contribution in [-0.2, 0) is 0 Å². The maximum Gasteiger partial charge on any atom is 0.0718 e. The molecule has 0 radical (unpaired) electrons. The van der Waals surface area contributed by atoms with Crippen molar-refractivity contribution >= 4 is 27.3 Å². The van der Waals surface area contributed by atoms with Crippen molar-refractivity contribution in [2.45, 2.75) is 6.04 Å². The third-order valence-corrected chi connectivity index (χ3v) is 3.42. The third kappa shape index (κ3) is 2.46. The molecule has 2 aromatic rings. The fourth-order valence-corrected chi connectivity index (χ4v) is 2.61. The number of hydrazine groups is 1. The van der Waals surface area contributed by atoms with Crippen molar-refractivity contribution in [2.24, 2.45) is 5.84 Å². The Balaban J connectivity index is 2.35. The SMILES string of the molecule is NNC(c1ccsc1)c1cccc(Br)c1. The number of nitrogens with one attached hydrogen (secondary N) is 1. The van der Waals surface area contributed by atoms with E-state index >= 15 is 0 Å². The molecule has 2 nitrogen and oxygen atoms in total. The third-order valence-electron chi connectivity index (χ3n) is 2.23. The largest absolute Gasteiger partial charge is 0.271 e. The lowest BCUT2D eigenvalue weighted by Gasteiger charge is -2.15. The van der Waals surface area contributed by atoms with E-state index in [2.05, 4.69) is 50.3 Å². The monoisotopic (exact) mass is 282 g/mol. The van der Waals surface area contributed by atoms with Gasteiger partial charge in [-0.2, -0.15) is 11.3 Å². The zero-order valence-corrected chi connectivity index (χ0v) is 10.4. The maximum absolute atomic E-state index is 5.59. The van der Waals surface area contributed by atoms with E-state index in [-0.39, 0.29) is 6.04 Å². The lowest BCUT2D eigenvalue weighted by molar-refractivity contribution is 0.638. The lowest BCUT2D eigenvalue weighted by Crippen LogP contribution is -2.28. The van der Waals surface area contributed by atoms with Gasteiger partial charge in [-0.1, -0.05) is 28.1 Å². The minimum Gasteiger partial charge on any atom is -0.271 e. The average molecular weight is 283 g/mol. The smallest absolute Gasteiger partial charge is 0.0718 e. The number of nitrogens with two attached hydrogens (primary N) is 1. The van der Waals surface area contributed by atoms with Crippen LogP contribution < -0.4 is 11.3 Å². The second kappa shape index (κ2) is 4.90. The Labute approximate surface area is 101 Å². The summed E-state index contributed by atoms with van der Waals surface area (Å²) in [5, 5.41) is 4.16. The first-order valence-electron chi connectivity index (χ1n) is 4.55. The van der Waals surface area contributed by atoms with Gasteiger partial charge in [-0.25, -0.2) is 5.43 Å². The fourth-order valence-electron chi connectivity index (χ4n) is 1.51. The topological polar surface area (TPSA) is 38.0 Å². The molecular formula is C11H11BrN2S. The summed E-state index contributed by atoms with van der Waals surface area (Å²) >= 11 is 5.13. The second-order valence-corrected chi connectivity index (χ2v) is 4.91. The van der Waals surface area contributed by atoms with E-state index < -0.39 is 0 Å². The Kier molecular flexibility index (Phi) is 3.53. The molecule has 4 heteroatoms. The summed E-state index contributed by atoms with van der Waals surface area (Å²) in [5.74, 6) is 5.59. The molecular weight excluding hydrogens is 272 g/mol. The van der Waals surface area contributed by atoms with Crippen molar-refractivity contribution < 1.29 is 0 Å². The van der Waals surface area contributed by atoms with Gasteiger partial charge in [-0.15, -0.1) is 0 Å². The Morgan fingerprint density at radius 3 is 2.73 bits per heavy atom. The number of halogens is 1. The molecule has 1 atom stereocenters. The van der Waals surface area contributed by atoms with Crippen molar-refractivity contribution in [3.63, 3.8) is 0 Å². The van der Waals surface area contributed by atoms with E-state index in [1.807, 2.05) is 12.1 Å². The van der Waals surface area contributed by atoms with Crippen LogP contribution in [0.4, 0.5) is 0 Å². The van der Waals surface area contributed by atoms with Crippen molar-refractivity contribution in [1.29, 1.82) is 0 Å². The molecule has 0 amide bonds. The van der Waals surface area contributed by atoms with Gasteiger partial charge >= 0.3 is 0 Å². The number of thiophene rings is 1. The molecule has 2 rings (SSSR count). The first-order valence-corrected chi connectivity index (χ1v) is 6.28. The van der Waals surface area contributed by atoms with Crippen LogP contribution in [0.5, 0.6) is 0 Å². The lowest BCUT2D eigenvalue weighted by atomic mass is 10.0. The minimum atomic E-state index is 0.0637. The highest BCUT2D eigenvalue weighted by molar-refractivity contribution is 9.10. The zero-order valence-electron chi connectivity index (χ0n) is 7.98. The highest BCUT2D eigenvalue weighted by atomic mass is 79.9. The number of hydrogen-bond donors (Lipinski definition) is 2. The Morgan fingerprint density at radius 2 is 2.13 bits per heavy atom. The van der Waals surface area contributed by atoms with E-state index in [0.717, 1.165) is 10.0 Å². The first-order chi connectivity index (χ1) is 7.31. The van der Waals surface area contributed by atoms with E-state index in [0.29, 0.717) is 0 Å². The molecule has 15 heavy (non-hydrogen) atoms. The van der Waals surface area contributed by atoms with Crippen LogP contribution >= 0.6 is 27.3 Å². The summed E-state index contributed by atoms with van der Waals surface area (Å²) < 4.78 is 1.07. The van der Waals surface area contributed by atoms with E-state index in [9.17, 15) is 0 Å². The van der Waals surface area contributed by atoms with Crippen molar-refractivity contribution in [2.75, 3.05) is 0 Å². The minimum absolute atomic E-state index is 0.0637. The van der Waals surface area contributed by atoms with Crippen LogP contribution in [0.1, 0.15) is 17.2 Å². The van der Waals surface area contributed by atoms with Gasteiger partial charge in [0, 0.05) is 4.47 Å². The standard InChI is InChI=1S/C11H11BrN2S/c12-10-3-1-2-8(6-10)11(14-13)9-4-5-15-7-9/h1-7,11,14H,13H2. The van der Waals surface area contributed by atoms with Crippen LogP contribution in [0.25, 0.3) is 0 Å². The van der Waals surface area contributed by atoms with Gasteiger partial charge < -0.3 is 0 Å². The predicted molar refractivity (Wildman–Crippen MR) is 67.6 cm³/mol. The summed E-state index contributed by atoms with van der Waals surface area (Å²) in [6.45, 7) is 0. The fraction of sp³-hybridized carbons (Fsp3) is 0.0909. The quantitative estimate of drug-likeness (QED) is 0.671. The summed E-state index contributed by atoms with van der Waals surface area (Å²) in [6, 6.07) is 10.3. The molecule has 0 aliphatic carbocycles. The van der Waals surface area contributed by atoms with E-state index in [1.54, 1.807) is 11.3 Å². The molecule has 0 fully saturated rings. The zero-order chi connectivity index (χ0) is 10.7. The van der Waals surface area contributed by atoms with Crippen LogP contribution in [0.2, 0.25) is 0 Å². The first kappa shape index (κ1) is 10.8. The van der Waals surface area contributed by atoms with Crippen LogP contribution in [0, 0.1) is 0 Å². The van der Waals surface area contributed by atoms with Gasteiger partial charge in [-0.05, 0) is 40.1 Å². The number of hydrogen-bond acceptors (Lipinski definition) is 3. The molecule has 1 aromatic carbocycles. The molecule has 78 valence electrons. The van der Waals surface area contributed by atoms with Crippen molar-refractivity contribution in [3.8, 4) is 0 Å². The molecule has 1 unspecified atom stereocenters. The van der Waals surface area contributed by atoms with Gasteiger partial charge in [0.15, 0.2) is 0 Å². The summed E-state index contributed by atoms with van der Waals surface area (Å²) in [5.41, 5.74) is 5.19. The van der Waals surface area contributed by atoms with Gasteiger partial charge in [0.2, 0.25) is 0 Å². The maximum atomic E-state index is 5.59. The molecule has 1 heterocycles. The number of rotatable bonds is 3. The van der Waals surface area contributed by atoms with Crippen LogP contribution in [-0.4, -0.2) is 0 Å². The van der Waals surface area contributed by atoms with Gasteiger partial charge in [0.1, 0.15) is 0 Å². The van der Waals surface area contributed by atoms with Gasteiger partial charge in [0.25, 0.3) is 0 Å². The normalized spacial score (nSPS) is 12.7. The molecule has 0 spiro atoms. The molecule has 0 aliphatic heterocycles. The van der Waals surface area contributed by atoms with Crippen LogP contribution in [0.15, 0.2) is 45.6 Å².